The molecule has 0 fully saturated rings. The third-order valence-electron chi connectivity index (χ3n) is 15.4. The molecule has 0 amide bonds. The Bertz CT molecular complexity index is 4620. The number of anilines is 3. The zero-order valence-corrected chi connectivity index (χ0v) is 41.7. The molecule has 0 aliphatic rings. The Hall–Kier alpha value is -9.54. The number of fused-ring (bicyclic) bond motifs is 11. The van der Waals surface area contributed by atoms with Crippen LogP contribution in [0.3, 0.4) is 0 Å². The second-order valence-electron chi connectivity index (χ2n) is 19.6. The molecule has 0 N–H and O–H groups in total. The first-order valence-corrected chi connectivity index (χ1v) is 26.5. The number of thiophene rings is 1. The van der Waals surface area contributed by atoms with Gasteiger partial charge >= 0.3 is 0 Å². The van der Waals surface area contributed by atoms with Gasteiger partial charge in [-0.3, -0.25) is 0 Å². The van der Waals surface area contributed by atoms with Gasteiger partial charge < -0.3 is 9.47 Å². The molecule has 2 nitrogen and oxygen atoms in total. The first kappa shape index (κ1) is 43.1. The average molecular weight is 971 g/mol. The summed E-state index contributed by atoms with van der Waals surface area (Å²) in [6, 6.07) is 103. The van der Waals surface area contributed by atoms with Crippen LogP contribution < -0.4 is 4.90 Å². The zero-order chi connectivity index (χ0) is 49.4. The first-order chi connectivity index (χ1) is 37.2. The van der Waals surface area contributed by atoms with Gasteiger partial charge in [0, 0.05) is 53.6 Å². The van der Waals surface area contributed by atoms with Crippen LogP contribution in [-0.4, -0.2) is 4.57 Å². The highest BCUT2D eigenvalue weighted by Crippen LogP contribution is 2.45. The molecule has 0 unspecified atom stereocenters. The summed E-state index contributed by atoms with van der Waals surface area (Å²) in [5, 5.41) is 12.8. The van der Waals surface area contributed by atoms with Crippen LogP contribution in [0.5, 0.6) is 0 Å². The highest BCUT2D eigenvalue weighted by atomic mass is 32.1. The van der Waals surface area contributed by atoms with Crippen LogP contribution in [-0.2, 0) is 0 Å². The number of aromatic nitrogens is 1. The lowest BCUT2D eigenvalue weighted by Crippen LogP contribution is -2.09. The van der Waals surface area contributed by atoms with Crippen LogP contribution in [0, 0.1) is 0 Å². The number of hydrogen-bond acceptors (Lipinski definition) is 2. The van der Waals surface area contributed by atoms with Crippen molar-refractivity contribution in [3.05, 3.63) is 279 Å². The quantitative estimate of drug-likeness (QED) is 0.138. The van der Waals surface area contributed by atoms with E-state index in [1.165, 1.54) is 113 Å². The van der Waals surface area contributed by atoms with Crippen LogP contribution in [0.1, 0.15) is 0 Å². The van der Waals surface area contributed by atoms with Crippen LogP contribution in [0.25, 0.3) is 124 Å². The third-order valence-corrected chi connectivity index (χ3v) is 16.7. The summed E-state index contributed by atoms with van der Waals surface area (Å²) >= 11 is 1.90. The molecule has 0 spiro atoms. The topological polar surface area (TPSA) is 8.17 Å². The van der Waals surface area contributed by atoms with Gasteiger partial charge in [-0.15, -0.1) is 11.3 Å². The number of nitrogens with zero attached hydrogens (tertiary/aromatic N) is 2. The summed E-state index contributed by atoms with van der Waals surface area (Å²) in [6.45, 7) is 0. The van der Waals surface area contributed by atoms with Crippen molar-refractivity contribution in [3.63, 3.8) is 0 Å². The Balaban J connectivity index is 0.795. The fourth-order valence-corrected chi connectivity index (χ4v) is 13.1. The minimum Gasteiger partial charge on any atom is -0.311 e. The molecular weight excluding hydrogens is 925 g/mol. The third kappa shape index (κ3) is 7.23. The molecular formula is C72H46N2S. The molecule has 13 aromatic carbocycles. The van der Waals surface area contributed by atoms with Crippen molar-refractivity contribution in [2.45, 2.75) is 0 Å². The predicted molar refractivity (Wildman–Crippen MR) is 323 cm³/mol. The van der Waals surface area contributed by atoms with Crippen molar-refractivity contribution < 1.29 is 0 Å². The molecule has 2 heterocycles. The van der Waals surface area contributed by atoms with Crippen LogP contribution in [0.15, 0.2) is 279 Å². The van der Waals surface area contributed by atoms with Crippen molar-refractivity contribution >= 4 is 103 Å². The van der Waals surface area contributed by atoms with Gasteiger partial charge in [-0.25, -0.2) is 0 Å². The number of hydrogen-bond donors (Lipinski definition) is 0. The molecule has 0 saturated carbocycles. The van der Waals surface area contributed by atoms with Crippen molar-refractivity contribution in [1.82, 2.24) is 4.57 Å². The minimum atomic E-state index is 1.08. The van der Waals surface area contributed by atoms with E-state index in [0.29, 0.717) is 0 Å². The number of rotatable bonds is 8. The van der Waals surface area contributed by atoms with Gasteiger partial charge in [0.15, 0.2) is 0 Å². The summed E-state index contributed by atoms with van der Waals surface area (Å²) in [6.07, 6.45) is 0. The molecule has 0 radical (unpaired) electrons. The second-order valence-corrected chi connectivity index (χ2v) is 20.6. The van der Waals surface area contributed by atoms with E-state index < -0.39 is 0 Å². The van der Waals surface area contributed by atoms with E-state index in [2.05, 4.69) is 289 Å². The summed E-state index contributed by atoms with van der Waals surface area (Å²) in [5.41, 5.74) is 16.4. The lowest BCUT2D eigenvalue weighted by Gasteiger charge is -2.26. The molecule has 0 bridgehead atoms. The van der Waals surface area contributed by atoms with Gasteiger partial charge in [-0.1, -0.05) is 218 Å². The maximum Gasteiger partial charge on any atom is 0.0541 e. The number of para-hydroxylation sites is 3. The Morgan fingerprint density at radius 2 is 0.667 bits per heavy atom. The first-order valence-electron chi connectivity index (χ1n) is 25.7. The van der Waals surface area contributed by atoms with E-state index in [1.807, 2.05) is 11.3 Å². The highest BCUT2D eigenvalue weighted by molar-refractivity contribution is 7.27. The van der Waals surface area contributed by atoms with E-state index in [4.69, 9.17) is 0 Å². The monoisotopic (exact) mass is 970 g/mol. The molecule has 2 aromatic heterocycles. The Kier molecular flexibility index (Phi) is 10.1. The fourth-order valence-electron chi connectivity index (χ4n) is 11.7. The summed E-state index contributed by atoms with van der Waals surface area (Å²) in [7, 11) is 0. The highest BCUT2D eigenvalue weighted by Gasteiger charge is 2.19. The van der Waals surface area contributed by atoms with Gasteiger partial charge in [0.2, 0.25) is 0 Å². The van der Waals surface area contributed by atoms with Crippen molar-refractivity contribution in [2.75, 3.05) is 4.90 Å². The van der Waals surface area contributed by atoms with E-state index in [1.54, 1.807) is 0 Å². The van der Waals surface area contributed by atoms with Crippen molar-refractivity contribution in [1.29, 1.82) is 0 Å². The predicted octanol–water partition coefficient (Wildman–Crippen LogP) is 20.7. The Morgan fingerprint density at radius 3 is 1.33 bits per heavy atom. The fraction of sp³-hybridized carbons (Fsp3) is 0. The summed E-state index contributed by atoms with van der Waals surface area (Å²) in [5.74, 6) is 0. The van der Waals surface area contributed by atoms with Crippen molar-refractivity contribution in [2.24, 2.45) is 0 Å². The normalized spacial score (nSPS) is 11.7. The van der Waals surface area contributed by atoms with E-state index in [-0.39, 0.29) is 0 Å². The molecule has 350 valence electrons. The Morgan fingerprint density at radius 1 is 0.253 bits per heavy atom. The van der Waals surface area contributed by atoms with Crippen molar-refractivity contribution in [3.8, 4) is 50.2 Å². The molecule has 0 saturated heterocycles. The maximum atomic E-state index is 2.42. The molecule has 3 heteroatoms. The minimum absolute atomic E-state index is 1.08. The molecule has 75 heavy (non-hydrogen) atoms. The van der Waals surface area contributed by atoms with Gasteiger partial charge in [0.05, 0.1) is 16.7 Å². The molecule has 0 aliphatic heterocycles. The van der Waals surface area contributed by atoms with Gasteiger partial charge in [0.25, 0.3) is 0 Å². The maximum absolute atomic E-state index is 2.42. The Labute approximate surface area is 438 Å². The van der Waals surface area contributed by atoms with Crippen LogP contribution >= 0.6 is 11.3 Å². The van der Waals surface area contributed by atoms with Crippen LogP contribution in [0.4, 0.5) is 17.1 Å². The van der Waals surface area contributed by atoms with Crippen LogP contribution in [0.2, 0.25) is 0 Å². The summed E-state index contributed by atoms with van der Waals surface area (Å²) < 4.78 is 5.08. The van der Waals surface area contributed by atoms with E-state index in [0.717, 1.165) is 28.3 Å². The molecule has 0 aliphatic carbocycles. The van der Waals surface area contributed by atoms with Gasteiger partial charge in [-0.2, -0.15) is 0 Å². The standard InChI is InChI=1S/C72H46N2S/c1-3-14-59-50(12-1)28-29-55-46-54(37-44-60(55)59)49-26-24-47(25-27-49)48-30-38-56(39-31-48)73(58-42-34-53(35-43-58)63-19-11-20-66-67-45-36-51-13-2-4-16-62(51)72(67)75-71(63)66)57-40-32-52(33-41-57)61-15-5-8-21-68(61)74-69-22-9-6-17-64(69)65-18-7-10-23-70(65)74/h1-46H. The lowest BCUT2D eigenvalue weighted by molar-refractivity contribution is 1.18. The molecule has 0 atom stereocenters. The van der Waals surface area contributed by atoms with Gasteiger partial charge in [0.1, 0.15) is 0 Å². The molecule has 15 rings (SSSR count). The SMILES string of the molecule is c1ccc(-n2c3ccccc3c3ccccc32)c(-c2ccc(N(c3ccc(-c4ccc(-c5ccc6c(ccc7ccccc76)c5)cc4)cc3)c3ccc(-c4cccc5c4sc4c6ccccc6ccc54)cc3)cc2)c1. The lowest BCUT2D eigenvalue weighted by atomic mass is 9.96. The van der Waals surface area contributed by atoms with E-state index >= 15 is 0 Å². The van der Waals surface area contributed by atoms with E-state index in [9.17, 15) is 0 Å². The number of benzene rings is 13. The molecule has 15 aromatic rings. The smallest absolute Gasteiger partial charge is 0.0541 e. The summed E-state index contributed by atoms with van der Waals surface area (Å²) in [4.78, 5) is 2.38. The zero-order valence-electron chi connectivity index (χ0n) is 40.9. The van der Waals surface area contributed by atoms with Gasteiger partial charge in [-0.05, 0) is 132 Å². The second kappa shape index (κ2) is 17.6. The average Bonchev–Trinajstić information content (AvgIpc) is 4.07. The largest absolute Gasteiger partial charge is 0.311 e.